The molecular formula is C19H30N3O9PS. The molecule has 12 nitrogen and oxygen atoms in total. The fourth-order valence-electron chi connectivity index (χ4n) is 2.98. The van der Waals surface area contributed by atoms with E-state index in [0.717, 1.165) is 0 Å². The van der Waals surface area contributed by atoms with Gasteiger partial charge in [0.2, 0.25) is 5.91 Å². The first-order valence-electron chi connectivity index (χ1n) is 10.3. The third kappa shape index (κ3) is 8.69. The number of aliphatic hydroxyl groups is 1. The minimum atomic E-state index is -0.889. The molecule has 2 rings (SSSR count). The standard InChI is InChI=1S/C19H30N3O9PS/c1-4-15(25)33-10-9-28-7-8-29-32-31-16-13(11-23)30-18(17(16)27-3)22-6-5-14(20-12(2)24)21-19(22)26/h5-6,13,16-18,23,32H,4,7-11H2,1-3H3,(H,20,21,24,26)/t13-,16?,17+,18-/m1/s1. The molecule has 2 N–H and O–H groups in total. The largest absolute Gasteiger partial charge is 0.394 e. The summed E-state index contributed by atoms with van der Waals surface area (Å²) in [6.07, 6.45) is -1.11. The van der Waals surface area contributed by atoms with Crippen molar-refractivity contribution in [1.29, 1.82) is 0 Å². The average Bonchev–Trinajstić information content (AvgIpc) is 3.14. The SMILES string of the molecule is CCC(=O)SCCOCCOPOC1[C@@H](CO)O[C@@H](n2ccc(NC(C)=O)nc2=O)[C@H]1OC. The number of aromatic nitrogens is 2. The molecule has 0 saturated carbocycles. The number of thioether (sulfide) groups is 1. The van der Waals surface area contributed by atoms with Gasteiger partial charge in [0.25, 0.3) is 0 Å². The third-order valence-electron chi connectivity index (χ3n) is 4.50. The van der Waals surface area contributed by atoms with Gasteiger partial charge in [-0.15, -0.1) is 0 Å². The van der Waals surface area contributed by atoms with Gasteiger partial charge in [-0.25, -0.2) is 4.79 Å². The van der Waals surface area contributed by atoms with Crippen LogP contribution in [0, 0.1) is 0 Å². The molecule has 1 saturated heterocycles. The van der Waals surface area contributed by atoms with Gasteiger partial charge >= 0.3 is 5.69 Å². The first-order chi connectivity index (χ1) is 15.9. The van der Waals surface area contributed by atoms with E-state index >= 15 is 0 Å². The van der Waals surface area contributed by atoms with E-state index in [4.69, 9.17) is 23.3 Å². The second-order valence-corrected chi connectivity index (χ2v) is 8.68. The summed E-state index contributed by atoms with van der Waals surface area (Å²) < 4.78 is 29.1. The highest BCUT2D eigenvalue weighted by Crippen LogP contribution is 2.36. The number of nitrogens with zero attached hydrogens (tertiary/aromatic N) is 2. The van der Waals surface area contributed by atoms with Crippen molar-refractivity contribution in [1.82, 2.24) is 9.55 Å². The van der Waals surface area contributed by atoms with Crippen molar-refractivity contribution in [3.8, 4) is 0 Å². The number of amides is 1. The average molecular weight is 508 g/mol. The predicted octanol–water partition coefficient (Wildman–Crippen LogP) is 0.703. The smallest absolute Gasteiger partial charge is 0.351 e. The molecular weight excluding hydrogens is 477 g/mol. The Labute approximate surface area is 197 Å². The minimum Gasteiger partial charge on any atom is -0.394 e. The Morgan fingerprint density at radius 3 is 2.76 bits per heavy atom. The summed E-state index contributed by atoms with van der Waals surface area (Å²) in [6.45, 7) is 3.86. The van der Waals surface area contributed by atoms with Gasteiger partial charge in [-0.05, 0) is 6.07 Å². The van der Waals surface area contributed by atoms with Gasteiger partial charge in [-0.3, -0.25) is 14.2 Å². The van der Waals surface area contributed by atoms with E-state index < -0.39 is 30.2 Å². The van der Waals surface area contributed by atoms with Gasteiger partial charge in [-0.1, -0.05) is 18.7 Å². The Morgan fingerprint density at radius 1 is 1.33 bits per heavy atom. The van der Waals surface area contributed by atoms with Gasteiger partial charge in [0.15, 0.2) is 20.4 Å². The van der Waals surface area contributed by atoms with Gasteiger partial charge in [-0.2, -0.15) is 4.98 Å². The van der Waals surface area contributed by atoms with Crippen LogP contribution in [0.5, 0.6) is 0 Å². The molecule has 5 atom stereocenters. The van der Waals surface area contributed by atoms with Gasteiger partial charge in [0, 0.05) is 32.4 Å². The van der Waals surface area contributed by atoms with E-state index in [9.17, 15) is 19.5 Å². The molecule has 2 heterocycles. The van der Waals surface area contributed by atoms with Crippen molar-refractivity contribution in [2.75, 3.05) is 44.6 Å². The summed E-state index contributed by atoms with van der Waals surface area (Å²) in [7, 11) is 1.08. The van der Waals surface area contributed by atoms with Crippen LogP contribution in [0.25, 0.3) is 0 Å². The lowest BCUT2D eigenvalue weighted by Gasteiger charge is -2.23. The molecule has 1 fully saturated rings. The lowest BCUT2D eigenvalue weighted by molar-refractivity contribution is -0.114. The lowest BCUT2D eigenvalue weighted by atomic mass is 10.1. The summed E-state index contributed by atoms with van der Waals surface area (Å²) in [5, 5.41) is 12.3. The fraction of sp³-hybridized carbons (Fsp3) is 0.684. The number of hydrogen-bond acceptors (Lipinski definition) is 11. The Balaban J connectivity index is 1.84. The molecule has 2 unspecified atom stereocenters. The summed E-state index contributed by atoms with van der Waals surface area (Å²) in [5.74, 6) is 0.368. The molecule has 1 aromatic rings. The highest BCUT2D eigenvalue weighted by Gasteiger charge is 2.47. The van der Waals surface area contributed by atoms with Crippen molar-refractivity contribution in [3.63, 3.8) is 0 Å². The maximum atomic E-state index is 12.4. The van der Waals surface area contributed by atoms with Crippen LogP contribution < -0.4 is 11.0 Å². The number of ether oxygens (including phenoxy) is 3. The molecule has 0 aromatic carbocycles. The number of carbonyl (C=O) groups excluding carboxylic acids is 2. The van der Waals surface area contributed by atoms with Crippen LogP contribution in [0.2, 0.25) is 0 Å². The number of anilines is 1. The topological polar surface area (TPSA) is 147 Å². The third-order valence-corrected chi connectivity index (χ3v) is 6.17. The van der Waals surface area contributed by atoms with Gasteiger partial charge in [0.05, 0.1) is 26.4 Å². The van der Waals surface area contributed by atoms with Gasteiger partial charge < -0.3 is 33.7 Å². The van der Waals surface area contributed by atoms with Crippen molar-refractivity contribution >= 4 is 37.6 Å². The molecule has 33 heavy (non-hydrogen) atoms. The molecule has 0 radical (unpaired) electrons. The van der Waals surface area contributed by atoms with Gasteiger partial charge in [0.1, 0.15) is 24.1 Å². The number of nitrogens with one attached hydrogen (secondary N) is 1. The monoisotopic (exact) mass is 507 g/mol. The van der Waals surface area contributed by atoms with E-state index in [1.807, 2.05) is 6.92 Å². The molecule has 0 aliphatic carbocycles. The number of carbonyl (C=O) groups is 2. The van der Waals surface area contributed by atoms with Crippen LogP contribution in [-0.2, 0) is 32.8 Å². The molecule has 1 aliphatic heterocycles. The zero-order valence-electron chi connectivity index (χ0n) is 18.7. The maximum absolute atomic E-state index is 12.4. The van der Waals surface area contributed by atoms with Crippen LogP contribution in [0.4, 0.5) is 5.82 Å². The Morgan fingerprint density at radius 2 is 2.12 bits per heavy atom. The van der Waals surface area contributed by atoms with E-state index in [1.54, 1.807) is 0 Å². The summed E-state index contributed by atoms with van der Waals surface area (Å²) >= 11 is 1.24. The predicted molar refractivity (Wildman–Crippen MR) is 122 cm³/mol. The van der Waals surface area contributed by atoms with E-state index in [-0.39, 0.29) is 39.1 Å². The van der Waals surface area contributed by atoms with Crippen molar-refractivity contribution in [2.45, 2.75) is 44.8 Å². The molecule has 1 aromatic heterocycles. The highest BCUT2D eigenvalue weighted by molar-refractivity contribution is 8.13. The van der Waals surface area contributed by atoms with Crippen molar-refractivity contribution < 1.29 is 38.0 Å². The fourth-order valence-corrected chi connectivity index (χ4v) is 4.24. The van der Waals surface area contributed by atoms with Crippen LogP contribution in [0.3, 0.4) is 0 Å². The lowest BCUT2D eigenvalue weighted by Crippen LogP contribution is -2.38. The first-order valence-corrected chi connectivity index (χ1v) is 12.1. The number of hydrogen-bond donors (Lipinski definition) is 2. The zero-order valence-corrected chi connectivity index (χ0v) is 20.5. The van der Waals surface area contributed by atoms with Crippen molar-refractivity contribution in [2.24, 2.45) is 0 Å². The first kappa shape index (κ1) is 27.8. The minimum absolute atomic E-state index is 0.120. The van der Waals surface area contributed by atoms with Crippen LogP contribution in [0.15, 0.2) is 17.1 Å². The summed E-state index contributed by atoms with van der Waals surface area (Å²) in [6, 6.07) is 1.46. The van der Waals surface area contributed by atoms with Crippen LogP contribution in [0.1, 0.15) is 26.5 Å². The molecule has 1 amide bonds. The molecule has 14 heteroatoms. The number of rotatable bonds is 14. The van der Waals surface area contributed by atoms with Crippen LogP contribution >= 0.6 is 20.8 Å². The van der Waals surface area contributed by atoms with E-state index in [0.29, 0.717) is 25.4 Å². The molecule has 186 valence electrons. The van der Waals surface area contributed by atoms with Crippen LogP contribution in [-0.4, -0.2) is 83.3 Å². The maximum Gasteiger partial charge on any atom is 0.351 e. The van der Waals surface area contributed by atoms with Crippen molar-refractivity contribution in [3.05, 3.63) is 22.7 Å². The Bertz CT molecular complexity index is 828. The Hall–Kier alpha value is -1.44. The molecule has 1 aliphatic rings. The molecule has 0 bridgehead atoms. The summed E-state index contributed by atoms with van der Waals surface area (Å²) in [4.78, 5) is 38.6. The molecule has 0 spiro atoms. The zero-order chi connectivity index (χ0) is 24.2. The highest BCUT2D eigenvalue weighted by atomic mass is 32.2. The number of aliphatic hydroxyl groups excluding tert-OH is 1. The summed E-state index contributed by atoms with van der Waals surface area (Å²) in [5.41, 5.74) is -0.653. The second kappa shape index (κ2) is 14.7. The van der Waals surface area contributed by atoms with E-state index in [2.05, 4.69) is 10.3 Å². The van der Waals surface area contributed by atoms with E-state index in [1.165, 1.54) is 42.6 Å². The number of methoxy groups -OCH3 is 1. The second-order valence-electron chi connectivity index (χ2n) is 6.83. The quantitative estimate of drug-likeness (QED) is 0.271. The normalized spacial score (nSPS) is 22.8. The Kier molecular flexibility index (Phi) is 12.4.